The summed E-state index contributed by atoms with van der Waals surface area (Å²) in [5.74, 6) is -0.286. The van der Waals surface area contributed by atoms with Crippen LogP contribution in [0.5, 0.6) is 0 Å². The molecule has 0 aromatic heterocycles. The molecule has 3 heteroatoms. The third kappa shape index (κ3) is 7.57. The molecule has 1 aromatic rings. The predicted molar refractivity (Wildman–Crippen MR) is 112 cm³/mol. The number of fused-ring (bicyclic) bond motifs is 1. The Morgan fingerprint density at radius 2 is 1.42 bits per heavy atom. The van der Waals surface area contributed by atoms with E-state index in [2.05, 4.69) is 13.2 Å². The normalized spacial score (nSPS) is 10.8. The van der Waals surface area contributed by atoms with Gasteiger partial charge in [-0.25, -0.2) is 0 Å². The van der Waals surface area contributed by atoms with Gasteiger partial charge in [0.25, 0.3) is 0 Å². The summed E-state index contributed by atoms with van der Waals surface area (Å²) in [6, 6.07) is 5.30. The molecule has 0 fully saturated rings. The summed E-state index contributed by atoms with van der Waals surface area (Å²) in [4.78, 5) is 24.8. The maximum atomic E-state index is 12.4. The molecule has 1 aliphatic rings. The van der Waals surface area contributed by atoms with Gasteiger partial charge in [-0.3, -0.25) is 9.59 Å². The van der Waals surface area contributed by atoms with Crippen LogP contribution in [0.4, 0.5) is 0 Å². The van der Waals surface area contributed by atoms with Crippen molar-refractivity contribution in [3.8, 4) is 0 Å². The number of benzene rings is 1. The summed E-state index contributed by atoms with van der Waals surface area (Å²) in [7, 11) is 0. The minimum atomic E-state index is -0.143. The molecule has 140 valence electrons. The van der Waals surface area contributed by atoms with Crippen LogP contribution in [-0.2, 0) is 0 Å². The Morgan fingerprint density at radius 1 is 0.962 bits per heavy atom. The van der Waals surface area contributed by atoms with Gasteiger partial charge < -0.3 is 7.43 Å². The van der Waals surface area contributed by atoms with Gasteiger partial charge in [-0.2, -0.15) is 0 Å². The van der Waals surface area contributed by atoms with Gasteiger partial charge in [0.15, 0.2) is 11.6 Å². The zero-order chi connectivity index (χ0) is 19.4. The molecule has 0 aliphatic heterocycles. The van der Waals surface area contributed by atoms with E-state index < -0.39 is 0 Å². The van der Waals surface area contributed by atoms with Crippen molar-refractivity contribution in [2.45, 2.75) is 55.4 Å². The molecule has 0 spiro atoms. The smallest absolute Gasteiger partial charge is 0.358 e. The first-order valence-corrected chi connectivity index (χ1v) is 8.70. The Balaban J connectivity index is -0.000000275. The number of hydrogen-bond acceptors (Lipinski definition) is 2. The van der Waals surface area contributed by atoms with Crippen LogP contribution >= 0.6 is 0 Å². The quantitative estimate of drug-likeness (QED) is 0.573. The third-order valence-corrected chi connectivity index (χ3v) is 3.12. The first-order valence-electron chi connectivity index (χ1n) is 8.70. The second kappa shape index (κ2) is 17.8. The molecule has 0 amide bonds. The minimum absolute atomic E-state index is 0. The van der Waals surface area contributed by atoms with E-state index >= 15 is 0 Å². The Labute approximate surface area is 204 Å². The average Bonchev–Trinajstić information content (AvgIpc) is 2.62. The van der Waals surface area contributed by atoms with Gasteiger partial charge in [-0.1, -0.05) is 79.0 Å². The van der Waals surface area contributed by atoms with Crippen molar-refractivity contribution in [3.63, 3.8) is 0 Å². The van der Waals surface area contributed by atoms with Gasteiger partial charge in [0.2, 0.25) is 0 Å². The molecule has 0 N–H and O–H groups in total. The molecule has 1 aliphatic carbocycles. The van der Waals surface area contributed by atoms with Gasteiger partial charge in [0.1, 0.15) is 0 Å². The van der Waals surface area contributed by atoms with Gasteiger partial charge in [0, 0.05) is 22.3 Å². The number of aryl methyl sites for hydroxylation is 1. The van der Waals surface area contributed by atoms with Gasteiger partial charge in [-0.15, -0.1) is 0 Å². The van der Waals surface area contributed by atoms with Crippen molar-refractivity contribution in [2.75, 3.05) is 0 Å². The Bertz CT molecular complexity index is 638. The van der Waals surface area contributed by atoms with Crippen LogP contribution in [0, 0.1) is 14.4 Å². The zero-order valence-electron chi connectivity index (χ0n) is 18.5. The molecule has 0 unspecified atom stereocenters. The molecule has 1 aromatic carbocycles. The standard InChI is InChI=1S/C16H14O2.3C2H6.CH3.K/c1-5-11-13(9(2)3)16(18)12-8-6-7-10(4)14(12)15(11)17;3*1-2;;/h5-8H,1-2H2,3-4H3;3*1-2H3;1H3;/q;;;;-1;+1. The summed E-state index contributed by atoms with van der Waals surface area (Å²) in [6.45, 7) is 23.0. The number of carbonyl (C=O) groups excluding carboxylic acids is 2. The fourth-order valence-corrected chi connectivity index (χ4v) is 2.28. The second-order valence-corrected chi connectivity index (χ2v) is 4.43. The van der Waals surface area contributed by atoms with Crippen LogP contribution < -0.4 is 51.4 Å². The molecule has 2 nitrogen and oxygen atoms in total. The topological polar surface area (TPSA) is 34.1 Å². The van der Waals surface area contributed by atoms with Crippen molar-refractivity contribution in [2.24, 2.45) is 0 Å². The number of allylic oxidation sites excluding steroid dienone is 4. The van der Waals surface area contributed by atoms with Gasteiger partial charge >= 0.3 is 51.4 Å². The van der Waals surface area contributed by atoms with Crippen LogP contribution in [0.25, 0.3) is 0 Å². The predicted octanol–water partition coefficient (Wildman–Crippen LogP) is 3.97. The SMILES string of the molecule is C=CC1=C(C(=C)C)C(=O)c2cccc(C)c2C1=O.CC.CC.CC.[CH3-].[K+]. The number of Topliss-reactive ketones (excluding diaryl/α,β-unsaturated/α-hetero) is 2. The van der Waals surface area contributed by atoms with Crippen molar-refractivity contribution < 1.29 is 61.0 Å². The Kier molecular flexibility index (Phi) is 22.6. The summed E-state index contributed by atoms with van der Waals surface area (Å²) in [5, 5.41) is 0. The molecule has 0 atom stereocenters. The zero-order valence-corrected chi connectivity index (χ0v) is 21.7. The summed E-state index contributed by atoms with van der Waals surface area (Å²) in [6.07, 6.45) is 1.44. The number of rotatable bonds is 2. The van der Waals surface area contributed by atoms with Crippen molar-refractivity contribution in [1.29, 1.82) is 0 Å². The van der Waals surface area contributed by atoms with Crippen LogP contribution in [-0.4, -0.2) is 11.6 Å². The van der Waals surface area contributed by atoms with E-state index in [1.165, 1.54) is 6.08 Å². The van der Waals surface area contributed by atoms with E-state index in [1.54, 1.807) is 19.1 Å². The van der Waals surface area contributed by atoms with E-state index in [0.717, 1.165) is 5.56 Å². The first-order chi connectivity index (χ1) is 11.5. The van der Waals surface area contributed by atoms with E-state index in [9.17, 15) is 9.59 Å². The molecule has 0 heterocycles. The minimum Gasteiger partial charge on any atom is -0.358 e. The number of ketones is 2. The van der Waals surface area contributed by atoms with E-state index in [1.807, 2.05) is 54.5 Å². The third-order valence-electron chi connectivity index (χ3n) is 3.12. The van der Waals surface area contributed by atoms with E-state index in [-0.39, 0.29) is 70.4 Å². The molecular formula is C23H35KO2. The maximum absolute atomic E-state index is 12.4. The molecule has 0 saturated carbocycles. The van der Waals surface area contributed by atoms with E-state index in [4.69, 9.17) is 0 Å². The fraction of sp³-hybridized carbons (Fsp3) is 0.348. The second-order valence-electron chi connectivity index (χ2n) is 4.43. The molecule has 2 rings (SSSR count). The number of carbonyl (C=O) groups is 2. The molecule has 0 saturated heterocycles. The van der Waals surface area contributed by atoms with Crippen molar-refractivity contribution in [3.05, 3.63) is 78.3 Å². The Hall–Kier alpha value is -0.584. The first kappa shape index (κ1) is 33.0. The molecular weight excluding hydrogens is 347 g/mol. The van der Waals surface area contributed by atoms with Crippen LogP contribution in [0.3, 0.4) is 0 Å². The largest absolute Gasteiger partial charge is 1.00 e. The molecule has 0 radical (unpaired) electrons. The average molecular weight is 383 g/mol. The molecule has 26 heavy (non-hydrogen) atoms. The van der Waals surface area contributed by atoms with Gasteiger partial charge in [0.05, 0.1) is 0 Å². The van der Waals surface area contributed by atoms with Gasteiger partial charge in [-0.05, 0) is 25.0 Å². The Morgan fingerprint density at radius 3 is 1.81 bits per heavy atom. The summed E-state index contributed by atoms with van der Waals surface area (Å²) < 4.78 is 0. The van der Waals surface area contributed by atoms with Crippen LogP contribution in [0.2, 0.25) is 0 Å². The summed E-state index contributed by atoms with van der Waals surface area (Å²) >= 11 is 0. The number of hydrogen-bond donors (Lipinski definition) is 0. The molecule has 0 bridgehead atoms. The van der Waals surface area contributed by atoms with Crippen molar-refractivity contribution >= 4 is 11.6 Å². The maximum Gasteiger partial charge on any atom is 1.00 e. The van der Waals surface area contributed by atoms with Crippen LogP contribution in [0.1, 0.15) is 74.7 Å². The summed E-state index contributed by atoms with van der Waals surface area (Å²) in [5.41, 5.74) is 3.09. The monoisotopic (exact) mass is 382 g/mol. The van der Waals surface area contributed by atoms with E-state index in [0.29, 0.717) is 27.8 Å². The van der Waals surface area contributed by atoms with Crippen molar-refractivity contribution in [1.82, 2.24) is 0 Å². The fourth-order valence-electron chi connectivity index (χ4n) is 2.28. The van der Waals surface area contributed by atoms with Crippen LogP contribution in [0.15, 0.2) is 54.2 Å².